The Labute approximate surface area is 164 Å². The minimum atomic E-state index is -0.251. The molecule has 1 aromatic heterocycles. The molecule has 1 fully saturated rings. The summed E-state index contributed by atoms with van der Waals surface area (Å²) in [6.07, 6.45) is 1.47. The van der Waals surface area contributed by atoms with Crippen molar-refractivity contribution in [2.75, 3.05) is 26.2 Å². The number of aryl methyl sites for hydroxylation is 1. The van der Waals surface area contributed by atoms with E-state index in [1.54, 1.807) is 15.9 Å². The van der Waals surface area contributed by atoms with Gasteiger partial charge in [-0.15, -0.1) is 0 Å². The summed E-state index contributed by atoms with van der Waals surface area (Å²) in [5.74, 6) is -0.465. The van der Waals surface area contributed by atoms with E-state index in [0.717, 1.165) is 11.1 Å². The number of nitrogens with zero attached hydrogens (tertiary/aromatic N) is 3. The average molecular weight is 380 g/mol. The Morgan fingerprint density at radius 3 is 2.29 bits per heavy atom. The third kappa shape index (κ3) is 4.73. The summed E-state index contributed by atoms with van der Waals surface area (Å²) in [7, 11) is 0. The highest BCUT2D eigenvalue weighted by molar-refractivity contribution is 5.98. The van der Waals surface area contributed by atoms with Crippen LogP contribution in [-0.4, -0.2) is 58.7 Å². The van der Waals surface area contributed by atoms with E-state index in [1.807, 2.05) is 31.2 Å². The summed E-state index contributed by atoms with van der Waals surface area (Å²) in [5, 5.41) is 2.86. The molecule has 1 aliphatic rings. The Balaban J connectivity index is 1.61. The number of piperazine rings is 1. The van der Waals surface area contributed by atoms with Crippen LogP contribution < -0.4 is 5.32 Å². The van der Waals surface area contributed by atoms with Crippen LogP contribution in [0.1, 0.15) is 38.9 Å². The first-order valence-electron chi connectivity index (χ1n) is 9.28. The molecule has 1 saturated heterocycles. The molecule has 1 aliphatic heterocycles. The largest absolute Gasteiger partial charge is 0.348 e. The van der Waals surface area contributed by atoms with Gasteiger partial charge >= 0.3 is 0 Å². The summed E-state index contributed by atoms with van der Waals surface area (Å²) in [6, 6.07) is 11.0. The van der Waals surface area contributed by atoms with Crippen molar-refractivity contribution in [3.05, 3.63) is 65.0 Å². The van der Waals surface area contributed by atoms with Crippen LogP contribution in [0.5, 0.6) is 0 Å². The van der Waals surface area contributed by atoms with Gasteiger partial charge in [0.1, 0.15) is 5.69 Å². The van der Waals surface area contributed by atoms with Crippen LogP contribution in [0.25, 0.3) is 0 Å². The molecule has 28 heavy (non-hydrogen) atoms. The van der Waals surface area contributed by atoms with Gasteiger partial charge in [-0.05, 0) is 24.6 Å². The maximum Gasteiger partial charge on any atom is 0.272 e. The van der Waals surface area contributed by atoms with Crippen LogP contribution in [0.3, 0.4) is 0 Å². The van der Waals surface area contributed by atoms with Crippen molar-refractivity contribution in [3.63, 3.8) is 0 Å². The van der Waals surface area contributed by atoms with Crippen LogP contribution in [0.2, 0.25) is 0 Å². The Morgan fingerprint density at radius 1 is 1.00 bits per heavy atom. The van der Waals surface area contributed by atoms with Gasteiger partial charge in [-0.25, -0.2) is 0 Å². The zero-order chi connectivity index (χ0) is 20.1. The molecule has 0 aliphatic carbocycles. The lowest BCUT2D eigenvalue weighted by Crippen LogP contribution is -2.50. The number of amides is 3. The quantitative estimate of drug-likeness (QED) is 0.874. The molecular formula is C21H24N4O3. The molecular weight excluding hydrogens is 356 g/mol. The molecule has 1 N–H and O–H groups in total. The minimum Gasteiger partial charge on any atom is -0.348 e. The smallest absolute Gasteiger partial charge is 0.272 e. The Bertz CT molecular complexity index is 871. The highest BCUT2D eigenvalue weighted by Gasteiger charge is 2.24. The fourth-order valence-corrected chi connectivity index (χ4v) is 3.07. The Morgan fingerprint density at radius 2 is 1.64 bits per heavy atom. The van der Waals surface area contributed by atoms with Gasteiger partial charge in [-0.1, -0.05) is 29.8 Å². The molecule has 0 unspecified atom stereocenters. The molecule has 3 rings (SSSR count). The van der Waals surface area contributed by atoms with Crippen molar-refractivity contribution in [1.82, 2.24) is 20.1 Å². The summed E-state index contributed by atoms with van der Waals surface area (Å²) >= 11 is 0. The molecule has 0 spiro atoms. The zero-order valence-corrected chi connectivity index (χ0v) is 16.1. The molecule has 3 amide bonds. The predicted molar refractivity (Wildman–Crippen MR) is 105 cm³/mol. The third-order valence-electron chi connectivity index (χ3n) is 4.83. The second kappa shape index (κ2) is 8.65. The van der Waals surface area contributed by atoms with Crippen molar-refractivity contribution >= 4 is 17.7 Å². The summed E-state index contributed by atoms with van der Waals surface area (Å²) in [5.41, 5.74) is 2.80. The van der Waals surface area contributed by atoms with E-state index in [0.29, 0.717) is 38.3 Å². The van der Waals surface area contributed by atoms with Crippen LogP contribution >= 0.6 is 0 Å². The monoisotopic (exact) mass is 380 g/mol. The van der Waals surface area contributed by atoms with E-state index in [9.17, 15) is 14.4 Å². The first-order valence-corrected chi connectivity index (χ1v) is 9.28. The number of benzene rings is 1. The zero-order valence-electron chi connectivity index (χ0n) is 16.1. The number of pyridine rings is 1. The molecule has 2 heterocycles. The van der Waals surface area contributed by atoms with Gasteiger partial charge in [0, 0.05) is 51.4 Å². The molecule has 1 aromatic carbocycles. The summed E-state index contributed by atoms with van der Waals surface area (Å²) in [4.78, 5) is 44.1. The number of hydrogen-bond donors (Lipinski definition) is 1. The fourth-order valence-electron chi connectivity index (χ4n) is 3.07. The van der Waals surface area contributed by atoms with Gasteiger partial charge < -0.3 is 15.1 Å². The van der Waals surface area contributed by atoms with Gasteiger partial charge in [-0.3, -0.25) is 19.4 Å². The molecule has 7 heteroatoms. The van der Waals surface area contributed by atoms with Gasteiger partial charge in [0.25, 0.3) is 11.8 Å². The number of hydrogen-bond acceptors (Lipinski definition) is 4. The SMILES string of the molecule is CC(=O)N1CCN(C(=O)c2cc(C(=O)NCc3ccc(C)cc3)ccn2)CC1. The molecule has 0 atom stereocenters. The molecule has 0 bridgehead atoms. The average Bonchev–Trinajstić information content (AvgIpc) is 2.72. The van der Waals surface area contributed by atoms with Gasteiger partial charge in [0.15, 0.2) is 0 Å². The standard InChI is InChI=1S/C21H24N4O3/c1-15-3-5-17(6-4-15)14-23-20(27)18-7-8-22-19(13-18)21(28)25-11-9-24(10-12-25)16(2)26/h3-8,13H,9-12,14H2,1-2H3,(H,23,27). The van der Waals surface area contributed by atoms with E-state index < -0.39 is 0 Å². The first-order chi connectivity index (χ1) is 13.4. The van der Waals surface area contributed by atoms with Gasteiger partial charge in [0.05, 0.1) is 0 Å². The number of aromatic nitrogens is 1. The molecule has 146 valence electrons. The van der Waals surface area contributed by atoms with Crippen LogP contribution in [-0.2, 0) is 11.3 Å². The van der Waals surface area contributed by atoms with Crippen molar-refractivity contribution in [2.45, 2.75) is 20.4 Å². The second-order valence-electron chi connectivity index (χ2n) is 6.90. The topological polar surface area (TPSA) is 82.6 Å². The van der Waals surface area contributed by atoms with Crippen molar-refractivity contribution < 1.29 is 14.4 Å². The number of carbonyl (C=O) groups is 3. The lowest BCUT2D eigenvalue weighted by Gasteiger charge is -2.34. The van der Waals surface area contributed by atoms with E-state index in [1.165, 1.54) is 19.2 Å². The molecule has 0 saturated carbocycles. The normalized spacial score (nSPS) is 13.9. The first kappa shape index (κ1) is 19.5. The van der Waals surface area contributed by atoms with Gasteiger partial charge in [-0.2, -0.15) is 0 Å². The Hall–Kier alpha value is -3.22. The number of rotatable bonds is 4. The molecule has 2 aromatic rings. The Kier molecular flexibility index (Phi) is 6.03. The second-order valence-corrected chi connectivity index (χ2v) is 6.90. The van der Waals surface area contributed by atoms with Crippen molar-refractivity contribution in [1.29, 1.82) is 0 Å². The maximum atomic E-state index is 12.7. The third-order valence-corrected chi connectivity index (χ3v) is 4.83. The lowest BCUT2D eigenvalue weighted by atomic mass is 10.1. The maximum absolute atomic E-state index is 12.7. The minimum absolute atomic E-state index is 0.0115. The van der Waals surface area contributed by atoms with Crippen molar-refractivity contribution in [2.24, 2.45) is 0 Å². The van der Waals surface area contributed by atoms with E-state index in [2.05, 4.69) is 10.3 Å². The van der Waals surface area contributed by atoms with Crippen molar-refractivity contribution in [3.8, 4) is 0 Å². The fraction of sp³-hybridized carbons (Fsp3) is 0.333. The van der Waals surface area contributed by atoms with E-state index >= 15 is 0 Å². The van der Waals surface area contributed by atoms with Crippen LogP contribution in [0.15, 0.2) is 42.6 Å². The summed E-state index contributed by atoms with van der Waals surface area (Å²) < 4.78 is 0. The van der Waals surface area contributed by atoms with Gasteiger partial charge in [0.2, 0.25) is 5.91 Å². The predicted octanol–water partition coefficient (Wildman–Crippen LogP) is 1.62. The number of carbonyl (C=O) groups excluding carboxylic acids is 3. The van der Waals surface area contributed by atoms with E-state index in [-0.39, 0.29) is 23.4 Å². The van der Waals surface area contributed by atoms with Crippen LogP contribution in [0.4, 0.5) is 0 Å². The number of nitrogens with one attached hydrogen (secondary N) is 1. The molecule has 0 radical (unpaired) electrons. The molecule has 7 nitrogen and oxygen atoms in total. The van der Waals surface area contributed by atoms with E-state index in [4.69, 9.17) is 0 Å². The summed E-state index contributed by atoms with van der Waals surface area (Å²) in [6.45, 7) is 5.90. The van der Waals surface area contributed by atoms with Crippen LogP contribution in [0, 0.1) is 6.92 Å². The lowest BCUT2D eigenvalue weighted by molar-refractivity contribution is -0.130. The highest BCUT2D eigenvalue weighted by atomic mass is 16.2. The highest BCUT2D eigenvalue weighted by Crippen LogP contribution is 2.10.